The zero-order valence-corrected chi connectivity index (χ0v) is 16.7. The van der Waals surface area contributed by atoms with E-state index in [1.165, 1.54) is 13.0 Å². The summed E-state index contributed by atoms with van der Waals surface area (Å²) >= 11 is 0. The summed E-state index contributed by atoms with van der Waals surface area (Å²) in [5, 5.41) is 20.2. The maximum atomic E-state index is 12.2. The van der Waals surface area contributed by atoms with Crippen LogP contribution in [0.2, 0.25) is 0 Å². The number of Topliss-reactive ketones (excluding diaryl/α,β-unsaturated/α-hetero) is 2. The summed E-state index contributed by atoms with van der Waals surface area (Å²) in [7, 11) is 0. The summed E-state index contributed by atoms with van der Waals surface area (Å²) in [4.78, 5) is 24.5. The molecule has 0 amide bonds. The van der Waals surface area contributed by atoms with Gasteiger partial charge in [0.05, 0.1) is 13.2 Å². The van der Waals surface area contributed by atoms with Crippen LogP contribution in [0.5, 0.6) is 0 Å². The van der Waals surface area contributed by atoms with Gasteiger partial charge in [0.1, 0.15) is 11.2 Å². The highest BCUT2D eigenvalue weighted by molar-refractivity contribution is 6.04. The largest absolute Gasteiger partial charge is 0.382 e. The Hall–Kier alpha value is -2.60. The quantitative estimate of drug-likeness (QED) is 0.501. The number of carbonyl (C=O) groups is 2. The fourth-order valence-electron chi connectivity index (χ4n) is 3.02. The second-order valence-corrected chi connectivity index (χ2v) is 7.70. The summed E-state index contributed by atoms with van der Waals surface area (Å²) in [5.74, 6) is -0.576. The minimum atomic E-state index is -1.35. The molecule has 1 aliphatic carbocycles. The number of carbonyl (C=O) groups excluding carboxylic acids is 2. The van der Waals surface area contributed by atoms with E-state index >= 15 is 0 Å². The molecule has 2 atom stereocenters. The van der Waals surface area contributed by atoms with Gasteiger partial charge in [0.25, 0.3) is 0 Å². The van der Waals surface area contributed by atoms with Gasteiger partial charge in [-0.3, -0.25) is 9.59 Å². The molecule has 5 nitrogen and oxygen atoms in total. The van der Waals surface area contributed by atoms with Crippen LogP contribution in [0.1, 0.15) is 58.5 Å². The van der Waals surface area contributed by atoms with Crippen LogP contribution in [0.25, 0.3) is 0 Å². The van der Waals surface area contributed by atoms with E-state index in [2.05, 4.69) is 0 Å². The van der Waals surface area contributed by atoms with Gasteiger partial charge in [-0.1, -0.05) is 61.5 Å². The fraction of sp³-hybridized carbons (Fsp3) is 0.333. The van der Waals surface area contributed by atoms with E-state index in [0.717, 1.165) is 11.1 Å². The molecule has 0 aliphatic heterocycles. The molecule has 3 rings (SSSR count). The van der Waals surface area contributed by atoms with Gasteiger partial charge < -0.3 is 14.9 Å². The second kappa shape index (κ2) is 8.41. The van der Waals surface area contributed by atoms with E-state index in [9.17, 15) is 19.8 Å². The van der Waals surface area contributed by atoms with Crippen molar-refractivity contribution in [2.24, 2.45) is 0 Å². The molecule has 2 unspecified atom stereocenters. The molecule has 0 spiro atoms. The molecule has 0 saturated carbocycles. The number of ketones is 2. The number of hydrogen-bond acceptors (Lipinski definition) is 5. The van der Waals surface area contributed by atoms with Crippen molar-refractivity contribution < 1.29 is 24.5 Å². The molecule has 1 aliphatic rings. The molecule has 5 heteroatoms. The third-order valence-electron chi connectivity index (χ3n) is 5.36. The van der Waals surface area contributed by atoms with Crippen molar-refractivity contribution in [3.63, 3.8) is 0 Å². The van der Waals surface area contributed by atoms with Crippen LogP contribution < -0.4 is 0 Å². The van der Waals surface area contributed by atoms with Gasteiger partial charge in [-0.25, -0.2) is 0 Å². The summed E-state index contributed by atoms with van der Waals surface area (Å²) in [6.45, 7) is 4.05. The first-order chi connectivity index (χ1) is 13.7. The lowest BCUT2D eigenvalue weighted by atomic mass is 9.82. The van der Waals surface area contributed by atoms with Crippen molar-refractivity contribution in [2.75, 3.05) is 0 Å². The SMILES string of the molecule is CCC(C)(O)C(=O)c1ccc(COCc2ccc(C(=O)C3(O)C=CC3)cc2)cc1. The molecule has 2 aromatic carbocycles. The van der Waals surface area contributed by atoms with Crippen LogP contribution in [0, 0.1) is 0 Å². The van der Waals surface area contributed by atoms with Crippen molar-refractivity contribution >= 4 is 11.6 Å². The minimum Gasteiger partial charge on any atom is -0.382 e. The Labute approximate surface area is 170 Å². The first-order valence-corrected chi connectivity index (χ1v) is 9.73. The van der Waals surface area contributed by atoms with E-state index in [0.29, 0.717) is 37.2 Å². The highest BCUT2D eigenvalue weighted by Gasteiger charge is 2.37. The summed E-state index contributed by atoms with van der Waals surface area (Å²) in [5.41, 5.74) is 0.0892. The van der Waals surface area contributed by atoms with Gasteiger partial charge in [-0.2, -0.15) is 0 Å². The maximum Gasteiger partial charge on any atom is 0.198 e. The van der Waals surface area contributed by atoms with Gasteiger partial charge in [-0.15, -0.1) is 0 Å². The van der Waals surface area contributed by atoms with Crippen LogP contribution in [-0.4, -0.2) is 33.0 Å². The highest BCUT2D eigenvalue weighted by Crippen LogP contribution is 2.27. The van der Waals surface area contributed by atoms with Gasteiger partial charge in [0.2, 0.25) is 0 Å². The number of hydrogen-bond donors (Lipinski definition) is 2. The van der Waals surface area contributed by atoms with Crippen LogP contribution in [-0.2, 0) is 18.0 Å². The Kier molecular flexibility index (Phi) is 6.13. The molecule has 0 radical (unpaired) electrons. The van der Waals surface area contributed by atoms with E-state index < -0.39 is 11.2 Å². The molecular formula is C24H26O5. The smallest absolute Gasteiger partial charge is 0.198 e. The van der Waals surface area contributed by atoms with Crippen LogP contribution in [0.15, 0.2) is 60.7 Å². The zero-order chi connectivity index (χ0) is 21.1. The van der Waals surface area contributed by atoms with Gasteiger partial charge in [0.15, 0.2) is 11.6 Å². The predicted octanol–water partition coefficient (Wildman–Crippen LogP) is 3.62. The van der Waals surface area contributed by atoms with E-state index in [1.807, 2.05) is 24.3 Å². The molecule has 0 fully saturated rings. The van der Waals surface area contributed by atoms with E-state index in [4.69, 9.17) is 4.74 Å². The van der Waals surface area contributed by atoms with Gasteiger partial charge in [-0.05, 0) is 30.5 Å². The minimum absolute atomic E-state index is 0.288. The molecule has 2 aromatic rings. The summed E-state index contributed by atoms with van der Waals surface area (Å²) in [6, 6.07) is 14.1. The molecule has 0 heterocycles. The van der Waals surface area contributed by atoms with Gasteiger partial charge in [0, 0.05) is 17.5 Å². The Morgan fingerprint density at radius 2 is 1.48 bits per heavy atom. The summed E-state index contributed by atoms with van der Waals surface area (Å²) < 4.78 is 5.71. The first kappa shape index (κ1) is 21.1. The third kappa shape index (κ3) is 4.70. The average molecular weight is 394 g/mol. The van der Waals surface area contributed by atoms with E-state index in [1.54, 1.807) is 37.3 Å². The Balaban J connectivity index is 1.52. The lowest BCUT2D eigenvalue weighted by Crippen LogP contribution is -2.40. The number of benzene rings is 2. The molecular weight excluding hydrogens is 368 g/mol. The van der Waals surface area contributed by atoms with Crippen LogP contribution in [0.3, 0.4) is 0 Å². The molecule has 152 valence electrons. The Bertz CT molecular complexity index is 909. The lowest BCUT2D eigenvalue weighted by molar-refractivity contribution is 0.0390. The van der Waals surface area contributed by atoms with Crippen molar-refractivity contribution in [1.29, 1.82) is 0 Å². The van der Waals surface area contributed by atoms with Crippen molar-refractivity contribution in [1.82, 2.24) is 0 Å². The highest BCUT2D eigenvalue weighted by atomic mass is 16.5. The third-order valence-corrected chi connectivity index (χ3v) is 5.36. The number of rotatable bonds is 9. The van der Waals surface area contributed by atoms with Crippen molar-refractivity contribution in [3.05, 3.63) is 82.9 Å². The monoisotopic (exact) mass is 394 g/mol. The van der Waals surface area contributed by atoms with Crippen LogP contribution in [0.4, 0.5) is 0 Å². The summed E-state index contributed by atoms with van der Waals surface area (Å²) in [6.07, 6.45) is 4.01. The molecule has 0 saturated heterocycles. The second-order valence-electron chi connectivity index (χ2n) is 7.70. The first-order valence-electron chi connectivity index (χ1n) is 9.73. The van der Waals surface area contributed by atoms with E-state index in [-0.39, 0.29) is 11.6 Å². The number of aliphatic hydroxyl groups is 2. The Morgan fingerprint density at radius 3 is 1.90 bits per heavy atom. The standard InChI is InChI=1S/C24H26O5/c1-3-23(2,27)21(25)19-9-5-17(6-10-19)15-29-16-18-7-11-20(12-8-18)22(26)24(28)13-4-14-24/h4-13,27-28H,3,14-16H2,1-2H3. The fourth-order valence-corrected chi connectivity index (χ4v) is 3.02. The molecule has 0 aromatic heterocycles. The van der Waals surface area contributed by atoms with Crippen molar-refractivity contribution in [3.8, 4) is 0 Å². The van der Waals surface area contributed by atoms with Crippen LogP contribution >= 0.6 is 0 Å². The normalized spacial score (nSPS) is 20.0. The molecule has 0 bridgehead atoms. The maximum absolute atomic E-state index is 12.2. The topological polar surface area (TPSA) is 83.8 Å². The van der Waals surface area contributed by atoms with Crippen molar-refractivity contribution in [2.45, 2.75) is 51.1 Å². The molecule has 29 heavy (non-hydrogen) atoms. The van der Waals surface area contributed by atoms with Gasteiger partial charge >= 0.3 is 0 Å². The average Bonchev–Trinajstić information content (AvgIpc) is 2.72. The predicted molar refractivity (Wildman–Crippen MR) is 110 cm³/mol. The Morgan fingerprint density at radius 1 is 1.00 bits per heavy atom. The molecule has 2 N–H and O–H groups in total. The zero-order valence-electron chi connectivity index (χ0n) is 16.7. The number of ether oxygens (including phenoxy) is 1. The lowest BCUT2D eigenvalue weighted by Gasteiger charge is -2.27.